The lowest BCUT2D eigenvalue weighted by atomic mass is 9.84. The minimum Gasteiger partial charge on any atom is -0.326 e. The van der Waals surface area contributed by atoms with E-state index in [-0.39, 0.29) is 17.8 Å². The fraction of sp³-hybridized carbons (Fsp3) is 0.909. The Hall–Kier alpha value is 0.01000. The van der Waals surface area contributed by atoms with E-state index in [4.69, 9.17) is 11.6 Å². The molecule has 0 aromatic heterocycles. The Morgan fingerprint density at radius 2 is 1.88 bits per heavy atom. The van der Waals surface area contributed by atoms with Crippen LogP contribution in [0.1, 0.15) is 32.1 Å². The van der Waals surface area contributed by atoms with Crippen molar-refractivity contribution in [2.24, 2.45) is 5.92 Å². The summed E-state index contributed by atoms with van der Waals surface area (Å²) in [6, 6.07) is 0.408. The van der Waals surface area contributed by atoms with Gasteiger partial charge in [-0.3, -0.25) is 4.79 Å². The zero-order valence-electron chi connectivity index (χ0n) is 9.45. The average molecular weight is 267 g/mol. The normalized spacial score (nSPS) is 27.3. The maximum atomic E-state index is 11.3. The van der Waals surface area contributed by atoms with Crippen molar-refractivity contribution in [3.63, 3.8) is 0 Å². The van der Waals surface area contributed by atoms with Crippen LogP contribution in [0.2, 0.25) is 0 Å². The molecule has 2 aliphatic rings. The van der Waals surface area contributed by atoms with E-state index >= 15 is 0 Å². The SMILES string of the molecule is Cl.O=C(Cl)N1CCCCC1C1CCNCC1. The average Bonchev–Trinajstić information content (AvgIpc) is 2.30. The van der Waals surface area contributed by atoms with Gasteiger partial charge in [0.2, 0.25) is 0 Å². The summed E-state index contributed by atoms with van der Waals surface area (Å²) in [5.74, 6) is 0.661. The highest BCUT2D eigenvalue weighted by Gasteiger charge is 2.32. The van der Waals surface area contributed by atoms with Crippen molar-refractivity contribution in [3.8, 4) is 0 Å². The second kappa shape index (κ2) is 6.67. The molecule has 2 saturated heterocycles. The molecule has 2 fully saturated rings. The van der Waals surface area contributed by atoms with Crippen molar-refractivity contribution in [2.45, 2.75) is 38.1 Å². The molecule has 0 radical (unpaired) electrons. The van der Waals surface area contributed by atoms with Crippen LogP contribution in [0.4, 0.5) is 4.79 Å². The lowest BCUT2D eigenvalue weighted by molar-refractivity contribution is 0.119. The minimum atomic E-state index is -0.252. The Kier molecular flexibility index (Phi) is 5.87. The summed E-state index contributed by atoms with van der Waals surface area (Å²) >= 11 is 5.64. The number of carbonyl (C=O) groups excluding carboxylic acids is 1. The molecule has 1 unspecified atom stereocenters. The summed E-state index contributed by atoms with van der Waals surface area (Å²) < 4.78 is 0. The zero-order chi connectivity index (χ0) is 10.7. The topological polar surface area (TPSA) is 32.3 Å². The molecule has 2 aliphatic heterocycles. The standard InChI is InChI=1S/C11H19ClN2O.ClH/c12-11(15)14-8-2-1-3-10(14)9-4-6-13-7-5-9;/h9-10,13H,1-8H2;1H. The summed E-state index contributed by atoms with van der Waals surface area (Å²) in [5.41, 5.74) is 0. The molecular weight excluding hydrogens is 247 g/mol. The Morgan fingerprint density at radius 1 is 1.19 bits per heavy atom. The van der Waals surface area contributed by atoms with E-state index < -0.39 is 0 Å². The second-order valence-electron chi connectivity index (χ2n) is 4.60. The van der Waals surface area contributed by atoms with E-state index in [1.165, 1.54) is 19.3 Å². The molecule has 0 spiro atoms. The molecule has 0 bridgehead atoms. The van der Waals surface area contributed by atoms with Crippen molar-refractivity contribution in [2.75, 3.05) is 19.6 Å². The lowest BCUT2D eigenvalue weighted by Gasteiger charge is -2.40. The van der Waals surface area contributed by atoms with Gasteiger partial charge < -0.3 is 10.2 Å². The number of rotatable bonds is 1. The van der Waals surface area contributed by atoms with Crippen molar-refractivity contribution < 1.29 is 4.79 Å². The highest BCUT2D eigenvalue weighted by atomic mass is 35.5. The van der Waals surface area contributed by atoms with Gasteiger partial charge in [0.05, 0.1) is 0 Å². The highest BCUT2D eigenvalue weighted by molar-refractivity contribution is 6.62. The number of piperidine rings is 2. The van der Waals surface area contributed by atoms with E-state index in [0.717, 1.165) is 32.5 Å². The van der Waals surface area contributed by atoms with Crippen molar-refractivity contribution in [1.29, 1.82) is 0 Å². The number of likely N-dealkylation sites (tertiary alicyclic amines) is 1. The van der Waals surface area contributed by atoms with E-state index in [0.29, 0.717) is 12.0 Å². The van der Waals surface area contributed by atoms with Crippen LogP contribution in [0.25, 0.3) is 0 Å². The van der Waals surface area contributed by atoms with Crippen LogP contribution in [0.5, 0.6) is 0 Å². The molecule has 5 heteroatoms. The van der Waals surface area contributed by atoms with Crippen LogP contribution >= 0.6 is 24.0 Å². The van der Waals surface area contributed by atoms with Crippen LogP contribution in [0.3, 0.4) is 0 Å². The number of carbonyl (C=O) groups is 1. The third-order valence-electron chi connectivity index (χ3n) is 3.70. The first kappa shape index (κ1) is 14.1. The number of amides is 1. The summed E-state index contributed by atoms with van der Waals surface area (Å²) in [6.07, 6.45) is 5.87. The summed E-state index contributed by atoms with van der Waals surface area (Å²) in [7, 11) is 0. The zero-order valence-corrected chi connectivity index (χ0v) is 11.0. The van der Waals surface area contributed by atoms with Crippen molar-refractivity contribution in [1.82, 2.24) is 10.2 Å². The van der Waals surface area contributed by atoms with Crippen molar-refractivity contribution >= 4 is 29.4 Å². The molecule has 0 aromatic rings. The Labute approximate surface area is 108 Å². The van der Waals surface area contributed by atoms with Gasteiger partial charge in [-0.15, -0.1) is 12.4 Å². The smallest absolute Gasteiger partial charge is 0.316 e. The highest BCUT2D eigenvalue weighted by Crippen LogP contribution is 2.29. The third-order valence-corrected chi connectivity index (χ3v) is 3.92. The fourth-order valence-corrected chi connectivity index (χ4v) is 3.10. The second-order valence-corrected chi connectivity index (χ2v) is 4.92. The molecule has 94 valence electrons. The largest absolute Gasteiger partial charge is 0.326 e. The van der Waals surface area contributed by atoms with Gasteiger partial charge in [-0.05, 0) is 62.7 Å². The minimum absolute atomic E-state index is 0. The molecule has 3 nitrogen and oxygen atoms in total. The van der Waals surface area contributed by atoms with Crippen LogP contribution in [0, 0.1) is 5.92 Å². The van der Waals surface area contributed by atoms with Gasteiger partial charge in [-0.25, -0.2) is 0 Å². The molecule has 2 rings (SSSR count). The van der Waals surface area contributed by atoms with Gasteiger partial charge in [-0.2, -0.15) is 0 Å². The number of hydrogen-bond donors (Lipinski definition) is 1. The van der Waals surface area contributed by atoms with Gasteiger partial charge >= 0.3 is 5.37 Å². The molecular formula is C11H20Cl2N2O. The van der Waals surface area contributed by atoms with Crippen LogP contribution in [0.15, 0.2) is 0 Å². The first-order valence-electron chi connectivity index (χ1n) is 5.96. The predicted molar refractivity (Wildman–Crippen MR) is 68.4 cm³/mol. The van der Waals surface area contributed by atoms with Crippen molar-refractivity contribution in [3.05, 3.63) is 0 Å². The van der Waals surface area contributed by atoms with Gasteiger partial charge in [0.25, 0.3) is 0 Å². The first-order valence-corrected chi connectivity index (χ1v) is 6.33. The fourth-order valence-electron chi connectivity index (χ4n) is 2.89. The van der Waals surface area contributed by atoms with Gasteiger partial charge in [0.15, 0.2) is 0 Å². The summed E-state index contributed by atoms with van der Waals surface area (Å²) in [5, 5.41) is 3.11. The van der Waals surface area contributed by atoms with E-state index in [2.05, 4.69) is 5.32 Å². The molecule has 2 heterocycles. The molecule has 0 aliphatic carbocycles. The monoisotopic (exact) mass is 266 g/mol. The molecule has 16 heavy (non-hydrogen) atoms. The Balaban J connectivity index is 0.00000128. The lowest BCUT2D eigenvalue weighted by Crippen LogP contribution is -2.48. The number of nitrogens with one attached hydrogen (secondary N) is 1. The number of hydrogen-bond acceptors (Lipinski definition) is 2. The molecule has 1 amide bonds. The van der Waals surface area contributed by atoms with E-state index in [9.17, 15) is 4.79 Å². The molecule has 1 atom stereocenters. The maximum absolute atomic E-state index is 11.3. The quantitative estimate of drug-likeness (QED) is 0.585. The summed E-state index contributed by atoms with van der Waals surface area (Å²) in [4.78, 5) is 13.2. The molecule has 0 aromatic carbocycles. The third kappa shape index (κ3) is 3.25. The van der Waals surface area contributed by atoms with Crippen LogP contribution < -0.4 is 5.32 Å². The summed E-state index contributed by atoms with van der Waals surface area (Å²) in [6.45, 7) is 3.04. The number of nitrogens with zero attached hydrogens (tertiary/aromatic N) is 1. The molecule has 0 saturated carbocycles. The first-order chi connectivity index (χ1) is 7.29. The maximum Gasteiger partial charge on any atom is 0.316 e. The van der Waals surface area contributed by atoms with E-state index in [1.807, 2.05) is 4.90 Å². The van der Waals surface area contributed by atoms with E-state index in [1.54, 1.807) is 0 Å². The van der Waals surface area contributed by atoms with Crippen LogP contribution in [-0.4, -0.2) is 35.9 Å². The predicted octanol–water partition coefficient (Wildman–Crippen LogP) is 2.62. The Morgan fingerprint density at radius 3 is 2.50 bits per heavy atom. The molecule has 1 N–H and O–H groups in total. The van der Waals surface area contributed by atoms with Gasteiger partial charge in [0, 0.05) is 12.6 Å². The Bertz CT molecular complexity index is 232. The number of halogens is 2. The van der Waals surface area contributed by atoms with Gasteiger partial charge in [0.1, 0.15) is 0 Å². The van der Waals surface area contributed by atoms with Crippen LogP contribution in [-0.2, 0) is 0 Å². The van der Waals surface area contributed by atoms with Gasteiger partial charge in [-0.1, -0.05) is 0 Å².